The third-order valence-corrected chi connectivity index (χ3v) is 4.00. The van der Waals surface area contributed by atoms with Crippen molar-refractivity contribution in [2.45, 2.75) is 58.7 Å². The van der Waals surface area contributed by atoms with Crippen molar-refractivity contribution in [2.24, 2.45) is 5.92 Å². The average Bonchev–Trinajstić information content (AvgIpc) is 3.02. The van der Waals surface area contributed by atoms with Gasteiger partial charge in [-0.3, -0.25) is 0 Å². The van der Waals surface area contributed by atoms with Crippen LogP contribution < -0.4 is 5.32 Å². The van der Waals surface area contributed by atoms with Gasteiger partial charge in [0.1, 0.15) is 5.82 Å². The third kappa shape index (κ3) is 3.80. The van der Waals surface area contributed by atoms with Crippen LogP contribution in [0.4, 0.5) is 0 Å². The predicted molar refractivity (Wildman–Crippen MR) is 77.2 cm³/mol. The minimum absolute atomic E-state index is 0.404. The van der Waals surface area contributed by atoms with E-state index in [1.54, 1.807) is 0 Å². The summed E-state index contributed by atoms with van der Waals surface area (Å²) in [6, 6.07) is 0.484. The molecular formula is C15H27N3O. The van der Waals surface area contributed by atoms with Crippen LogP contribution >= 0.6 is 0 Å². The van der Waals surface area contributed by atoms with Gasteiger partial charge in [0.05, 0.1) is 12.7 Å². The number of imidazole rings is 1. The van der Waals surface area contributed by atoms with Crippen LogP contribution in [0.5, 0.6) is 0 Å². The van der Waals surface area contributed by atoms with E-state index in [1.807, 2.05) is 6.20 Å². The number of aryl methyl sites for hydroxylation is 1. The Kier molecular flexibility index (Phi) is 5.40. The zero-order valence-corrected chi connectivity index (χ0v) is 12.4. The molecule has 2 rings (SSSR count). The Morgan fingerprint density at radius 3 is 3.00 bits per heavy atom. The quantitative estimate of drug-likeness (QED) is 0.822. The maximum absolute atomic E-state index is 5.73. The number of aromatic nitrogens is 2. The monoisotopic (exact) mass is 265 g/mol. The third-order valence-electron chi connectivity index (χ3n) is 4.00. The first-order chi connectivity index (χ1) is 9.24. The van der Waals surface area contributed by atoms with Gasteiger partial charge in [-0.15, -0.1) is 0 Å². The highest BCUT2D eigenvalue weighted by Gasteiger charge is 2.30. The van der Waals surface area contributed by atoms with Crippen LogP contribution in [0.2, 0.25) is 0 Å². The second kappa shape index (κ2) is 7.06. The Balaban J connectivity index is 2.01. The van der Waals surface area contributed by atoms with Crippen molar-refractivity contribution < 1.29 is 4.74 Å². The molecule has 0 amide bonds. The summed E-state index contributed by atoms with van der Waals surface area (Å²) in [7, 11) is 0. The molecule has 1 aromatic heterocycles. The molecule has 1 aliphatic rings. The predicted octanol–water partition coefficient (Wildman–Crippen LogP) is 2.24. The van der Waals surface area contributed by atoms with Crippen LogP contribution in [-0.2, 0) is 17.7 Å². The van der Waals surface area contributed by atoms with Crippen molar-refractivity contribution in [2.75, 3.05) is 13.2 Å². The molecule has 1 N–H and O–H groups in total. The Labute approximate surface area is 116 Å². The average molecular weight is 265 g/mol. The molecule has 0 saturated carbocycles. The molecule has 108 valence electrons. The van der Waals surface area contributed by atoms with E-state index in [-0.39, 0.29) is 0 Å². The van der Waals surface area contributed by atoms with Gasteiger partial charge >= 0.3 is 0 Å². The lowest BCUT2D eigenvalue weighted by atomic mass is 9.94. The maximum Gasteiger partial charge on any atom is 0.110 e. The van der Waals surface area contributed by atoms with Crippen LogP contribution in [0.15, 0.2) is 12.4 Å². The summed E-state index contributed by atoms with van der Waals surface area (Å²) in [5.41, 5.74) is 0. The maximum atomic E-state index is 5.73. The highest BCUT2D eigenvalue weighted by molar-refractivity contribution is 4.98. The van der Waals surface area contributed by atoms with E-state index in [1.165, 1.54) is 12.2 Å². The number of hydrogen-bond acceptors (Lipinski definition) is 3. The Morgan fingerprint density at radius 2 is 2.37 bits per heavy atom. The molecule has 4 nitrogen and oxygen atoms in total. The van der Waals surface area contributed by atoms with Crippen LogP contribution in [-0.4, -0.2) is 34.8 Å². The van der Waals surface area contributed by atoms with Gasteiger partial charge in [0.15, 0.2) is 0 Å². The first-order valence-electron chi connectivity index (χ1n) is 7.59. The molecule has 0 spiro atoms. The Bertz CT molecular complexity index is 377. The largest absolute Gasteiger partial charge is 0.378 e. The van der Waals surface area contributed by atoms with Crippen LogP contribution in [0.1, 0.15) is 39.4 Å². The summed E-state index contributed by atoms with van der Waals surface area (Å²) in [5.74, 6) is 1.80. The molecule has 3 atom stereocenters. The first-order valence-corrected chi connectivity index (χ1v) is 7.59. The molecule has 1 aromatic rings. The summed E-state index contributed by atoms with van der Waals surface area (Å²) in [4.78, 5) is 4.51. The van der Waals surface area contributed by atoms with Gasteiger partial charge in [-0.1, -0.05) is 6.92 Å². The SMILES string of the molecule is CCCNC(Cc1nccn1CC)C1COC(C)C1. The smallest absolute Gasteiger partial charge is 0.110 e. The van der Waals surface area contributed by atoms with Gasteiger partial charge in [-0.05, 0) is 33.2 Å². The summed E-state index contributed by atoms with van der Waals surface area (Å²) in [6.45, 7) is 9.50. The molecule has 2 heterocycles. The van der Waals surface area contributed by atoms with E-state index in [0.717, 1.165) is 32.5 Å². The first kappa shape index (κ1) is 14.5. The highest BCUT2D eigenvalue weighted by Crippen LogP contribution is 2.24. The minimum Gasteiger partial charge on any atom is -0.378 e. The summed E-state index contributed by atoms with van der Waals surface area (Å²) in [5, 5.41) is 3.69. The summed E-state index contributed by atoms with van der Waals surface area (Å²) >= 11 is 0. The van der Waals surface area contributed by atoms with Crippen molar-refractivity contribution in [3.8, 4) is 0 Å². The molecule has 0 aliphatic carbocycles. The molecule has 0 bridgehead atoms. The second-order valence-electron chi connectivity index (χ2n) is 5.53. The van der Waals surface area contributed by atoms with Crippen molar-refractivity contribution in [1.82, 2.24) is 14.9 Å². The van der Waals surface area contributed by atoms with E-state index in [2.05, 4.69) is 41.8 Å². The molecule has 0 radical (unpaired) electrons. The van der Waals surface area contributed by atoms with Gasteiger partial charge in [-0.25, -0.2) is 4.98 Å². The van der Waals surface area contributed by atoms with Crippen molar-refractivity contribution in [3.63, 3.8) is 0 Å². The van der Waals surface area contributed by atoms with E-state index in [9.17, 15) is 0 Å². The Morgan fingerprint density at radius 1 is 1.53 bits per heavy atom. The molecule has 4 heteroatoms. The lowest BCUT2D eigenvalue weighted by Gasteiger charge is -2.24. The summed E-state index contributed by atoms with van der Waals surface area (Å²) in [6.07, 6.45) is 7.71. The second-order valence-corrected chi connectivity index (χ2v) is 5.53. The molecular weight excluding hydrogens is 238 g/mol. The lowest BCUT2D eigenvalue weighted by molar-refractivity contribution is 0.116. The zero-order chi connectivity index (χ0) is 13.7. The fourth-order valence-electron chi connectivity index (χ4n) is 2.88. The number of nitrogens with one attached hydrogen (secondary N) is 1. The number of ether oxygens (including phenoxy) is 1. The molecule has 0 aromatic carbocycles. The van der Waals surface area contributed by atoms with E-state index in [4.69, 9.17) is 4.74 Å². The molecule has 1 fully saturated rings. The minimum atomic E-state index is 0.404. The van der Waals surface area contributed by atoms with E-state index >= 15 is 0 Å². The number of hydrogen-bond donors (Lipinski definition) is 1. The molecule has 19 heavy (non-hydrogen) atoms. The fraction of sp³-hybridized carbons (Fsp3) is 0.800. The fourth-order valence-corrected chi connectivity index (χ4v) is 2.88. The zero-order valence-electron chi connectivity index (χ0n) is 12.4. The topological polar surface area (TPSA) is 39.1 Å². The van der Waals surface area contributed by atoms with Crippen molar-refractivity contribution >= 4 is 0 Å². The number of nitrogens with zero attached hydrogens (tertiary/aromatic N) is 2. The van der Waals surface area contributed by atoms with Crippen LogP contribution in [0, 0.1) is 5.92 Å². The number of rotatable bonds is 7. The van der Waals surface area contributed by atoms with E-state index in [0.29, 0.717) is 18.1 Å². The van der Waals surface area contributed by atoms with Crippen LogP contribution in [0.25, 0.3) is 0 Å². The molecule has 3 unspecified atom stereocenters. The van der Waals surface area contributed by atoms with Crippen molar-refractivity contribution in [1.29, 1.82) is 0 Å². The van der Waals surface area contributed by atoms with Gasteiger partial charge < -0.3 is 14.6 Å². The van der Waals surface area contributed by atoms with Crippen molar-refractivity contribution in [3.05, 3.63) is 18.2 Å². The lowest BCUT2D eigenvalue weighted by Crippen LogP contribution is -2.39. The Hall–Kier alpha value is -0.870. The van der Waals surface area contributed by atoms with Gasteiger partial charge in [-0.2, -0.15) is 0 Å². The van der Waals surface area contributed by atoms with Gasteiger partial charge in [0.2, 0.25) is 0 Å². The molecule has 1 aliphatic heterocycles. The molecule has 1 saturated heterocycles. The standard InChI is InChI=1S/C15H27N3O/c1-4-6-16-14(13-9-12(3)19-11-13)10-15-17-7-8-18(15)5-2/h7-8,12-14,16H,4-6,9-11H2,1-3H3. The summed E-state index contributed by atoms with van der Waals surface area (Å²) < 4.78 is 7.97. The van der Waals surface area contributed by atoms with Gasteiger partial charge in [0.25, 0.3) is 0 Å². The van der Waals surface area contributed by atoms with Crippen LogP contribution in [0.3, 0.4) is 0 Å². The van der Waals surface area contributed by atoms with Gasteiger partial charge in [0, 0.05) is 37.3 Å². The highest BCUT2D eigenvalue weighted by atomic mass is 16.5. The normalized spacial score (nSPS) is 24.8. The van der Waals surface area contributed by atoms with E-state index < -0.39 is 0 Å².